The van der Waals surface area contributed by atoms with Gasteiger partial charge < -0.3 is 15.4 Å². The second-order valence-corrected chi connectivity index (χ2v) is 7.03. The first-order valence-electron chi connectivity index (χ1n) is 8.87. The Labute approximate surface area is 134 Å². The van der Waals surface area contributed by atoms with Crippen molar-refractivity contribution in [3.63, 3.8) is 0 Å². The molecule has 2 N–H and O–H groups in total. The molecule has 0 amide bonds. The zero-order chi connectivity index (χ0) is 15.3. The Morgan fingerprint density at radius 1 is 1.18 bits per heavy atom. The molecular weight excluding hydrogens is 272 g/mol. The van der Waals surface area contributed by atoms with Gasteiger partial charge in [0.25, 0.3) is 0 Å². The van der Waals surface area contributed by atoms with Crippen LogP contribution in [0.3, 0.4) is 0 Å². The zero-order valence-electron chi connectivity index (χ0n) is 13.9. The van der Waals surface area contributed by atoms with Crippen molar-refractivity contribution < 1.29 is 4.74 Å². The van der Waals surface area contributed by atoms with Crippen LogP contribution >= 0.6 is 0 Å². The molecule has 3 rings (SSSR count). The topological polar surface area (TPSA) is 33.3 Å². The predicted molar refractivity (Wildman–Crippen MR) is 91.2 cm³/mol. The molecule has 3 heteroatoms. The number of piperidine rings is 1. The van der Waals surface area contributed by atoms with E-state index < -0.39 is 0 Å². The third-order valence-corrected chi connectivity index (χ3v) is 5.59. The van der Waals surface area contributed by atoms with Crippen molar-refractivity contribution in [2.75, 3.05) is 26.7 Å². The third-order valence-electron chi connectivity index (χ3n) is 5.59. The molecule has 0 radical (unpaired) electrons. The third kappa shape index (κ3) is 4.02. The number of unbranched alkanes of at least 4 members (excludes halogenated alkanes) is 1. The van der Waals surface area contributed by atoms with Crippen molar-refractivity contribution in [2.45, 2.75) is 45.1 Å². The molecule has 1 atom stereocenters. The van der Waals surface area contributed by atoms with Gasteiger partial charge in [-0.05, 0) is 80.8 Å². The quantitative estimate of drug-likeness (QED) is 0.723. The van der Waals surface area contributed by atoms with E-state index in [2.05, 4.69) is 22.8 Å². The van der Waals surface area contributed by atoms with Crippen molar-refractivity contribution >= 4 is 0 Å². The first kappa shape index (κ1) is 15.8. The van der Waals surface area contributed by atoms with Gasteiger partial charge in [0.15, 0.2) is 0 Å². The molecule has 1 aliphatic carbocycles. The van der Waals surface area contributed by atoms with Gasteiger partial charge in [-0.3, -0.25) is 0 Å². The molecule has 1 heterocycles. The molecule has 22 heavy (non-hydrogen) atoms. The SMILES string of the molecule is COc1ccc(CNCCCCC2CNCCC23CC3)cc1. The fourth-order valence-electron chi connectivity index (χ4n) is 3.88. The molecular formula is C19H30N2O. The molecule has 3 nitrogen and oxygen atoms in total. The van der Waals surface area contributed by atoms with Crippen LogP contribution in [0.2, 0.25) is 0 Å². The Morgan fingerprint density at radius 2 is 2.00 bits per heavy atom. The van der Waals surface area contributed by atoms with Gasteiger partial charge in [-0.1, -0.05) is 18.6 Å². The van der Waals surface area contributed by atoms with Crippen LogP contribution in [0.15, 0.2) is 24.3 Å². The minimum atomic E-state index is 0.766. The highest BCUT2D eigenvalue weighted by atomic mass is 16.5. The van der Waals surface area contributed by atoms with Crippen LogP contribution in [0.5, 0.6) is 5.75 Å². The fourth-order valence-corrected chi connectivity index (χ4v) is 3.88. The smallest absolute Gasteiger partial charge is 0.118 e. The van der Waals surface area contributed by atoms with Crippen LogP contribution in [0.1, 0.15) is 44.1 Å². The normalized spacial score (nSPS) is 22.7. The summed E-state index contributed by atoms with van der Waals surface area (Å²) in [6.07, 6.45) is 8.49. The lowest BCUT2D eigenvalue weighted by Gasteiger charge is -2.32. The van der Waals surface area contributed by atoms with Gasteiger partial charge in [-0.25, -0.2) is 0 Å². The Hall–Kier alpha value is -1.06. The largest absolute Gasteiger partial charge is 0.497 e. The molecule has 1 aromatic rings. The molecule has 1 aromatic carbocycles. The summed E-state index contributed by atoms with van der Waals surface area (Å²) < 4.78 is 5.18. The van der Waals surface area contributed by atoms with E-state index in [1.165, 1.54) is 57.2 Å². The first-order chi connectivity index (χ1) is 10.8. The molecule has 1 unspecified atom stereocenters. The van der Waals surface area contributed by atoms with Gasteiger partial charge in [-0.2, -0.15) is 0 Å². The lowest BCUT2D eigenvalue weighted by molar-refractivity contribution is 0.213. The fraction of sp³-hybridized carbons (Fsp3) is 0.684. The monoisotopic (exact) mass is 302 g/mol. The molecule has 1 saturated carbocycles. The van der Waals surface area contributed by atoms with Crippen LogP contribution < -0.4 is 15.4 Å². The van der Waals surface area contributed by atoms with E-state index in [4.69, 9.17) is 4.74 Å². The van der Waals surface area contributed by atoms with E-state index in [1.54, 1.807) is 7.11 Å². The number of hydrogen-bond donors (Lipinski definition) is 2. The summed E-state index contributed by atoms with van der Waals surface area (Å²) in [5.74, 6) is 1.88. The Bertz CT molecular complexity index is 453. The number of methoxy groups -OCH3 is 1. The van der Waals surface area contributed by atoms with Crippen LogP contribution in [-0.4, -0.2) is 26.7 Å². The highest BCUT2D eigenvalue weighted by Crippen LogP contribution is 2.57. The number of benzene rings is 1. The maximum atomic E-state index is 5.18. The number of ether oxygens (including phenoxy) is 1. The van der Waals surface area contributed by atoms with Gasteiger partial charge in [-0.15, -0.1) is 0 Å². The minimum absolute atomic E-state index is 0.766. The van der Waals surface area contributed by atoms with Gasteiger partial charge in [0.05, 0.1) is 7.11 Å². The standard InChI is InChI=1S/C19H30N2O/c1-22-18-7-5-16(6-8-18)14-20-12-3-2-4-17-15-21-13-11-19(17)9-10-19/h5-8,17,20-21H,2-4,9-15H2,1H3. The lowest BCUT2D eigenvalue weighted by atomic mass is 9.80. The predicted octanol–water partition coefficient (Wildman–Crippen LogP) is 3.34. The maximum Gasteiger partial charge on any atom is 0.118 e. The second-order valence-electron chi connectivity index (χ2n) is 7.03. The van der Waals surface area contributed by atoms with Crippen molar-refractivity contribution in [1.29, 1.82) is 0 Å². The minimum Gasteiger partial charge on any atom is -0.497 e. The van der Waals surface area contributed by atoms with Gasteiger partial charge in [0, 0.05) is 6.54 Å². The van der Waals surface area contributed by atoms with Crippen molar-refractivity contribution in [3.8, 4) is 5.75 Å². The van der Waals surface area contributed by atoms with Crippen molar-refractivity contribution in [1.82, 2.24) is 10.6 Å². The summed E-state index contributed by atoms with van der Waals surface area (Å²) in [6.45, 7) is 4.59. The average Bonchev–Trinajstić information content (AvgIpc) is 3.33. The molecule has 2 fully saturated rings. The second kappa shape index (κ2) is 7.47. The summed E-state index contributed by atoms with van der Waals surface area (Å²) >= 11 is 0. The van der Waals surface area contributed by atoms with Crippen LogP contribution in [-0.2, 0) is 6.54 Å². The Morgan fingerprint density at radius 3 is 2.73 bits per heavy atom. The molecule has 0 aromatic heterocycles. The summed E-state index contributed by atoms with van der Waals surface area (Å²) in [5.41, 5.74) is 2.09. The summed E-state index contributed by atoms with van der Waals surface area (Å²) in [4.78, 5) is 0. The van der Waals surface area contributed by atoms with Crippen LogP contribution in [0, 0.1) is 11.3 Å². The maximum absolute atomic E-state index is 5.18. The number of rotatable bonds is 8. The Kier molecular flexibility index (Phi) is 5.37. The molecule has 122 valence electrons. The summed E-state index contributed by atoms with van der Waals surface area (Å²) in [6, 6.07) is 8.33. The Balaban J connectivity index is 1.27. The lowest BCUT2D eigenvalue weighted by Crippen LogP contribution is -2.37. The summed E-state index contributed by atoms with van der Waals surface area (Å²) in [5, 5.41) is 7.14. The average molecular weight is 302 g/mol. The van der Waals surface area contributed by atoms with Crippen LogP contribution in [0.25, 0.3) is 0 Å². The van der Waals surface area contributed by atoms with Crippen molar-refractivity contribution in [2.24, 2.45) is 11.3 Å². The van der Waals surface area contributed by atoms with E-state index in [1.807, 2.05) is 12.1 Å². The molecule has 1 aliphatic heterocycles. The highest BCUT2D eigenvalue weighted by Gasteiger charge is 2.49. The number of nitrogens with one attached hydrogen (secondary N) is 2. The zero-order valence-corrected chi connectivity index (χ0v) is 13.9. The van der Waals surface area contributed by atoms with E-state index in [0.29, 0.717) is 0 Å². The van der Waals surface area contributed by atoms with Gasteiger partial charge >= 0.3 is 0 Å². The van der Waals surface area contributed by atoms with Gasteiger partial charge in [0.2, 0.25) is 0 Å². The molecule has 1 saturated heterocycles. The molecule has 1 spiro atoms. The van der Waals surface area contributed by atoms with E-state index in [9.17, 15) is 0 Å². The van der Waals surface area contributed by atoms with E-state index >= 15 is 0 Å². The van der Waals surface area contributed by atoms with Gasteiger partial charge in [0.1, 0.15) is 5.75 Å². The van der Waals surface area contributed by atoms with Crippen molar-refractivity contribution in [3.05, 3.63) is 29.8 Å². The first-order valence-corrected chi connectivity index (χ1v) is 8.87. The van der Waals surface area contributed by atoms with E-state index in [-0.39, 0.29) is 0 Å². The summed E-state index contributed by atoms with van der Waals surface area (Å²) in [7, 11) is 1.71. The highest BCUT2D eigenvalue weighted by molar-refractivity contribution is 5.26. The molecule has 0 bridgehead atoms. The van der Waals surface area contributed by atoms with E-state index in [0.717, 1.165) is 30.2 Å². The molecule has 2 aliphatic rings. The number of hydrogen-bond acceptors (Lipinski definition) is 3. The van der Waals surface area contributed by atoms with Crippen LogP contribution in [0.4, 0.5) is 0 Å².